The summed E-state index contributed by atoms with van der Waals surface area (Å²) in [5.74, 6) is -0.765. The Morgan fingerprint density at radius 3 is 2.30 bits per heavy atom. The van der Waals surface area contributed by atoms with Crippen molar-refractivity contribution in [3.63, 3.8) is 0 Å². The molecule has 0 aliphatic heterocycles. The second kappa shape index (κ2) is 5.55. The molecule has 0 bridgehead atoms. The van der Waals surface area contributed by atoms with Crippen LogP contribution in [0.1, 0.15) is 50.2 Å². The summed E-state index contributed by atoms with van der Waals surface area (Å²) in [6.45, 7) is 5.22. The van der Waals surface area contributed by atoms with Gasteiger partial charge in [-0.05, 0) is 0 Å². The molecule has 0 radical (unpaired) electrons. The number of ketones is 2. The zero-order valence-electron chi connectivity index (χ0n) is 12.8. The number of hydrogen-bond acceptors (Lipinski definition) is 4. The number of nitrogens with one attached hydrogen (secondary N) is 1. The molecule has 1 aliphatic carbocycles. The molecule has 3 rings (SSSR count). The molecule has 0 saturated heterocycles. The van der Waals surface area contributed by atoms with E-state index in [9.17, 15) is 19.2 Å². The summed E-state index contributed by atoms with van der Waals surface area (Å²) in [7, 11) is 0. The molecule has 2 heterocycles. The number of pyridine rings is 2. The van der Waals surface area contributed by atoms with Crippen LogP contribution in [0.3, 0.4) is 0 Å². The Labute approximate surface area is 142 Å². The van der Waals surface area contributed by atoms with Crippen LogP contribution in [-0.2, 0) is 0 Å². The van der Waals surface area contributed by atoms with Gasteiger partial charge in [-0.15, -0.1) is 0 Å². The monoisotopic (exact) mass is 425 g/mol. The fraction of sp³-hybridized carbons (Fsp3) is 0.250. The third-order valence-electron chi connectivity index (χ3n) is 3.74. The van der Waals surface area contributed by atoms with Gasteiger partial charge in [0.2, 0.25) is 0 Å². The molecular weight excluding hydrogens is 411 g/mol. The Morgan fingerprint density at radius 2 is 1.65 bits per heavy atom. The van der Waals surface area contributed by atoms with Crippen LogP contribution in [0.2, 0.25) is 0 Å². The molecule has 2 aromatic rings. The normalized spacial score (nSPS) is 13.2. The van der Waals surface area contributed by atoms with E-state index >= 15 is 0 Å². The van der Waals surface area contributed by atoms with Gasteiger partial charge in [-0.25, -0.2) is 0 Å². The second-order valence-corrected chi connectivity index (χ2v) is 8.45. The van der Waals surface area contributed by atoms with E-state index in [1.807, 2.05) is 6.92 Å². The number of nitrogens with zero attached hydrogens (tertiary/aromatic N) is 1. The van der Waals surface area contributed by atoms with Crippen molar-refractivity contribution in [3.8, 4) is 0 Å². The van der Waals surface area contributed by atoms with Crippen molar-refractivity contribution in [3.05, 3.63) is 66.5 Å². The van der Waals surface area contributed by atoms with Crippen LogP contribution < -0.4 is 32.6 Å². The van der Waals surface area contributed by atoms with Gasteiger partial charge in [0.25, 0.3) is 0 Å². The first-order valence-electron chi connectivity index (χ1n) is 7.06. The molecule has 0 unspecified atom stereocenters. The first-order valence-corrected chi connectivity index (χ1v) is 9.55. The topological polar surface area (TPSA) is 89.0 Å². The van der Waals surface area contributed by atoms with Crippen LogP contribution in [-0.4, -0.2) is 23.8 Å². The van der Waals surface area contributed by atoms with Gasteiger partial charge in [0.05, 0.1) is 0 Å². The van der Waals surface area contributed by atoms with Crippen LogP contribution >= 0.6 is 0 Å². The van der Waals surface area contributed by atoms with Crippen molar-refractivity contribution in [2.24, 2.45) is 0 Å². The van der Waals surface area contributed by atoms with Crippen LogP contribution in [0.4, 0.5) is 0 Å². The third-order valence-corrected chi connectivity index (χ3v) is 6.06. The first-order chi connectivity index (χ1) is 10.9. The molecule has 0 spiro atoms. The summed E-state index contributed by atoms with van der Waals surface area (Å²) in [5, 5.41) is 0. The number of aryl methyl sites for hydroxylation is 2. The van der Waals surface area contributed by atoms with Crippen molar-refractivity contribution in [2.75, 3.05) is 4.43 Å². The molecule has 0 saturated carbocycles. The van der Waals surface area contributed by atoms with E-state index < -0.39 is 32.8 Å². The average molecular weight is 425 g/mol. The van der Waals surface area contributed by atoms with Crippen molar-refractivity contribution in [1.82, 2.24) is 7.76 Å². The first kappa shape index (κ1) is 15.9. The zero-order valence-corrected chi connectivity index (χ0v) is 15.0. The standard InChI is InChI=1S/C16H14IN2O4/c1-4-17-19-10(21)6-8(3)12-14(19)16(23)13-11(15(12)22)7(2)5-9(20)18-13/h5-6H,4H2,1-3H3,(H,18,20)/q-1. The zero-order chi connectivity index (χ0) is 16.9. The Balaban J connectivity index is 2.44. The molecule has 0 aromatic carbocycles. The SMILES string of the molecule is CC[I-]n1c2c(c(C)cc1=O)C(=O)c1c(C)cc(=O)[nH]c1C2=O. The van der Waals surface area contributed by atoms with Gasteiger partial charge in [0.1, 0.15) is 0 Å². The summed E-state index contributed by atoms with van der Waals surface area (Å²) >= 11 is -0.735. The van der Waals surface area contributed by atoms with E-state index in [1.165, 1.54) is 14.9 Å². The number of fused-ring (bicyclic) bond motifs is 2. The van der Waals surface area contributed by atoms with Crippen LogP contribution in [0.5, 0.6) is 0 Å². The maximum atomic E-state index is 12.9. The van der Waals surface area contributed by atoms with Crippen molar-refractivity contribution in [2.45, 2.75) is 20.8 Å². The Morgan fingerprint density at radius 1 is 1.00 bits per heavy atom. The molecule has 7 heteroatoms. The number of alkyl halides is 1. The third kappa shape index (κ3) is 2.30. The maximum absolute atomic E-state index is 12.9. The van der Waals surface area contributed by atoms with E-state index in [0.717, 1.165) is 4.43 Å². The van der Waals surface area contributed by atoms with Crippen molar-refractivity contribution in [1.29, 1.82) is 0 Å². The minimum absolute atomic E-state index is 0.00800. The van der Waals surface area contributed by atoms with E-state index in [2.05, 4.69) is 4.98 Å². The number of halogens is 1. The van der Waals surface area contributed by atoms with Crippen LogP contribution in [0.15, 0.2) is 21.7 Å². The number of aromatic amines is 1. The predicted octanol–water partition coefficient (Wildman–Crippen LogP) is -2.20. The fourth-order valence-electron chi connectivity index (χ4n) is 2.83. The molecule has 0 amide bonds. The number of rotatable bonds is 2. The van der Waals surface area contributed by atoms with E-state index in [0.29, 0.717) is 11.1 Å². The van der Waals surface area contributed by atoms with Crippen LogP contribution in [0.25, 0.3) is 0 Å². The molecule has 1 N–H and O–H groups in total. The summed E-state index contributed by atoms with van der Waals surface area (Å²) < 4.78 is 2.19. The molecule has 0 atom stereocenters. The molecule has 2 aromatic heterocycles. The minimum atomic E-state index is -0.735. The summed E-state index contributed by atoms with van der Waals surface area (Å²) in [6.07, 6.45) is 0. The molecule has 120 valence electrons. The second-order valence-electron chi connectivity index (χ2n) is 5.28. The Kier molecular flexibility index (Phi) is 3.83. The van der Waals surface area contributed by atoms with E-state index in [-0.39, 0.29) is 33.9 Å². The van der Waals surface area contributed by atoms with Crippen molar-refractivity contribution >= 4 is 11.6 Å². The molecule has 6 nitrogen and oxygen atoms in total. The van der Waals surface area contributed by atoms with E-state index in [1.54, 1.807) is 13.8 Å². The van der Waals surface area contributed by atoms with Gasteiger partial charge < -0.3 is 0 Å². The van der Waals surface area contributed by atoms with Gasteiger partial charge >= 0.3 is 142 Å². The predicted molar refractivity (Wildman–Crippen MR) is 80.0 cm³/mol. The summed E-state index contributed by atoms with van der Waals surface area (Å²) in [5.41, 5.74) is 0.893. The fourth-order valence-corrected chi connectivity index (χ4v) is 4.79. The van der Waals surface area contributed by atoms with Gasteiger partial charge in [-0.2, -0.15) is 0 Å². The molecule has 23 heavy (non-hydrogen) atoms. The quantitative estimate of drug-likeness (QED) is 0.373. The van der Waals surface area contributed by atoms with Gasteiger partial charge in [0.15, 0.2) is 0 Å². The molecular formula is C16H14IN2O4-. The summed E-state index contributed by atoms with van der Waals surface area (Å²) in [4.78, 5) is 52.2. The molecule has 1 aliphatic rings. The van der Waals surface area contributed by atoms with Gasteiger partial charge in [-0.3, -0.25) is 0 Å². The van der Waals surface area contributed by atoms with E-state index in [4.69, 9.17) is 0 Å². The average Bonchev–Trinajstić information content (AvgIpc) is 2.46. The van der Waals surface area contributed by atoms with Crippen molar-refractivity contribution < 1.29 is 31.1 Å². The van der Waals surface area contributed by atoms with Crippen LogP contribution in [0, 0.1) is 13.8 Å². The number of carbonyl (C=O) groups excluding carboxylic acids is 2. The number of aromatic nitrogens is 2. The molecule has 0 fully saturated rings. The van der Waals surface area contributed by atoms with Gasteiger partial charge in [-0.1, -0.05) is 0 Å². The number of hydrogen-bond donors (Lipinski definition) is 1. The van der Waals surface area contributed by atoms with Gasteiger partial charge in [0, 0.05) is 0 Å². The number of carbonyl (C=O) groups is 2. The summed E-state index contributed by atoms with van der Waals surface area (Å²) in [6, 6.07) is 2.71. The Hall–Kier alpha value is -2.03. The number of H-pyrrole nitrogens is 1. The Bertz CT molecular complexity index is 985.